The number of nitrogens with zero attached hydrogens (tertiary/aromatic N) is 2. The highest BCUT2D eigenvalue weighted by Crippen LogP contribution is 2.42. The Labute approximate surface area is 86.0 Å². The Kier molecular flexibility index (Phi) is 2.41. The summed E-state index contributed by atoms with van der Waals surface area (Å²) in [5.41, 5.74) is 0.180. The third-order valence-electron chi connectivity index (χ3n) is 3.09. The van der Waals surface area contributed by atoms with Crippen molar-refractivity contribution in [3.8, 4) is 0 Å². The number of halogens is 1. The van der Waals surface area contributed by atoms with Crippen LogP contribution in [0.25, 0.3) is 0 Å². The van der Waals surface area contributed by atoms with Crippen LogP contribution >= 0.6 is 15.9 Å². The Morgan fingerprint density at radius 2 is 2.15 bits per heavy atom. The maximum Gasteiger partial charge on any atom is 0.238 e. The first-order chi connectivity index (χ1) is 6.27. The second kappa shape index (κ2) is 3.40. The number of hydrogen-bond donors (Lipinski definition) is 0. The summed E-state index contributed by atoms with van der Waals surface area (Å²) >= 11 is 3.22. The van der Waals surface area contributed by atoms with Gasteiger partial charge in [0.25, 0.3) is 0 Å². The molecular formula is C9H13BrN2O. The zero-order chi connectivity index (χ0) is 9.31. The van der Waals surface area contributed by atoms with Crippen molar-refractivity contribution in [3.63, 3.8) is 0 Å². The topological polar surface area (TPSA) is 38.9 Å². The van der Waals surface area contributed by atoms with Gasteiger partial charge in [-0.3, -0.25) is 0 Å². The molecule has 2 rings (SSSR count). The van der Waals surface area contributed by atoms with Crippen LogP contribution in [0.4, 0.5) is 0 Å². The van der Waals surface area contributed by atoms with Gasteiger partial charge in [-0.2, -0.15) is 4.98 Å². The van der Waals surface area contributed by atoms with E-state index < -0.39 is 0 Å². The third-order valence-corrected chi connectivity index (χ3v) is 3.41. The van der Waals surface area contributed by atoms with Crippen molar-refractivity contribution >= 4 is 15.9 Å². The fourth-order valence-electron chi connectivity index (χ4n) is 2.19. The van der Waals surface area contributed by atoms with Crippen molar-refractivity contribution in [2.75, 3.05) is 0 Å². The van der Waals surface area contributed by atoms with Crippen molar-refractivity contribution in [2.24, 2.45) is 0 Å². The van der Waals surface area contributed by atoms with Crippen LogP contribution in [0.2, 0.25) is 0 Å². The van der Waals surface area contributed by atoms with Gasteiger partial charge in [-0.1, -0.05) is 19.8 Å². The molecule has 0 bridgehead atoms. The lowest BCUT2D eigenvalue weighted by atomic mass is 9.83. The van der Waals surface area contributed by atoms with Gasteiger partial charge in [0.05, 0.1) is 0 Å². The molecule has 1 aliphatic rings. The maximum absolute atomic E-state index is 5.23. The van der Waals surface area contributed by atoms with Gasteiger partial charge in [-0.05, 0) is 40.3 Å². The lowest BCUT2D eigenvalue weighted by molar-refractivity contribution is 0.272. The van der Waals surface area contributed by atoms with E-state index in [4.69, 9.17) is 4.52 Å². The summed E-state index contributed by atoms with van der Waals surface area (Å²) in [5, 5.41) is 3.78. The van der Waals surface area contributed by atoms with E-state index >= 15 is 0 Å². The quantitative estimate of drug-likeness (QED) is 0.803. The zero-order valence-corrected chi connectivity index (χ0v) is 9.30. The van der Waals surface area contributed by atoms with Crippen LogP contribution in [0.1, 0.15) is 44.9 Å². The summed E-state index contributed by atoms with van der Waals surface area (Å²) < 4.78 is 5.81. The minimum absolute atomic E-state index is 0.180. The molecule has 1 aromatic rings. The van der Waals surface area contributed by atoms with Gasteiger partial charge in [-0.15, -0.1) is 0 Å². The average Bonchev–Trinajstić information content (AvgIpc) is 2.73. The molecule has 3 nitrogen and oxygen atoms in total. The second-order valence-corrected chi connectivity index (χ2v) is 4.42. The summed E-state index contributed by atoms with van der Waals surface area (Å²) in [5.74, 6) is 0.819. The molecule has 0 spiro atoms. The van der Waals surface area contributed by atoms with E-state index in [2.05, 4.69) is 33.0 Å². The predicted molar refractivity (Wildman–Crippen MR) is 52.4 cm³/mol. The molecule has 1 saturated carbocycles. The molecule has 13 heavy (non-hydrogen) atoms. The largest absolute Gasteiger partial charge is 0.338 e. The lowest BCUT2D eigenvalue weighted by Crippen LogP contribution is -2.21. The molecule has 1 fully saturated rings. The van der Waals surface area contributed by atoms with Gasteiger partial charge in [0.15, 0.2) is 0 Å². The van der Waals surface area contributed by atoms with Crippen molar-refractivity contribution < 1.29 is 4.52 Å². The Morgan fingerprint density at radius 3 is 2.62 bits per heavy atom. The minimum Gasteiger partial charge on any atom is -0.338 e. The highest BCUT2D eigenvalue weighted by Gasteiger charge is 2.38. The summed E-state index contributed by atoms with van der Waals surface area (Å²) in [6.45, 7) is 2.20. The molecular weight excluding hydrogens is 232 g/mol. The molecule has 0 amide bonds. The van der Waals surface area contributed by atoms with Gasteiger partial charge in [0.2, 0.25) is 10.6 Å². The van der Waals surface area contributed by atoms with Crippen LogP contribution in [-0.4, -0.2) is 10.1 Å². The molecule has 0 unspecified atom stereocenters. The molecule has 0 radical (unpaired) electrons. The fourth-order valence-corrected chi connectivity index (χ4v) is 2.42. The minimum atomic E-state index is 0.180. The first-order valence-electron chi connectivity index (χ1n) is 4.76. The number of hydrogen-bond acceptors (Lipinski definition) is 3. The van der Waals surface area contributed by atoms with E-state index in [0.29, 0.717) is 4.73 Å². The lowest BCUT2D eigenvalue weighted by Gasteiger charge is -2.21. The first-order valence-corrected chi connectivity index (χ1v) is 5.56. The van der Waals surface area contributed by atoms with E-state index in [0.717, 1.165) is 12.3 Å². The maximum atomic E-state index is 5.23. The zero-order valence-electron chi connectivity index (χ0n) is 7.72. The third kappa shape index (κ3) is 1.52. The Morgan fingerprint density at radius 1 is 1.46 bits per heavy atom. The van der Waals surface area contributed by atoms with Crippen molar-refractivity contribution in [1.82, 2.24) is 10.1 Å². The first kappa shape index (κ1) is 9.19. The van der Waals surface area contributed by atoms with Crippen molar-refractivity contribution in [3.05, 3.63) is 10.6 Å². The molecule has 4 heteroatoms. The Hall–Kier alpha value is -0.380. The normalized spacial score (nSPS) is 20.8. The van der Waals surface area contributed by atoms with Crippen LogP contribution in [0.3, 0.4) is 0 Å². The molecule has 0 N–H and O–H groups in total. The molecule has 1 aliphatic carbocycles. The van der Waals surface area contributed by atoms with Crippen LogP contribution in [0, 0.1) is 0 Å². The monoisotopic (exact) mass is 244 g/mol. The van der Waals surface area contributed by atoms with Crippen molar-refractivity contribution in [2.45, 2.75) is 44.4 Å². The Bertz CT molecular complexity index is 292. The molecule has 0 saturated heterocycles. The fraction of sp³-hybridized carbons (Fsp3) is 0.778. The highest BCUT2D eigenvalue weighted by atomic mass is 79.9. The molecule has 0 aromatic carbocycles. The molecule has 1 heterocycles. The average molecular weight is 245 g/mol. The number of aromatic nitrogens is 2. The molecule has 0 aliphatic heterocycles. The van der Waals surface area contributed by atoms with Crippen LogP contribution < -0.4 is 0 Å². The van der Waals surface area contributed by atoms with Gasteiger partial charge in [0, 0.05) is 5.41 Å². The standard InChI is InChI=1S/C9H13BrN2O/c1-2-9(5-3-4-6-9)7-11-8(10)12-13-7/h2-6H2,1H3. The summed E-state index contributed by atoms with van der Waals surface area (Å²) in [7, 11) is 0. The molecule has 0 atom stereocenters. The van der Waals surface area contributed by atoms with E-state index in [1.54, 1.807) is 0 Å². The second-order valence-electron chi connectivity index (χ2n) is 3.71. The van der Waals surface area contributed by atoms with Gasteiger partial charge >= 0.3 is 0 Å². The highest BCUT2D eigenvalue weighted by molar-refractivity contribution is 9.10. The predicted octanol–water partition coefficient (Wildman–Crippen LogP) is 3.05. The van der Waals surface area contributed by atoms with Crippen LogP contribution in [-0.2, 0) is 5.41 Å². The van der Waals surface area contributed by atoms with Gasteiger partial charge < -0.3 is 4.52 Å². The van der Waals surface area contributed by atoms with Gasteiger partial charge in [-0.25, -0.2) is 0 Å². The molecule has 1 aromatic heterocycles. The van der Waals surface area contributed by atoms with Crippen LogP contribution in [0.5, 0.6) is 0 Å². The number of rotatable bonds is 2. The summed E-state index contributed by atoms with van der Waals surface area (Å²) in [6.07, 6.45) is 6.06. The van der Waals surface area contributed by atoms with Crippen LogP contribution in [0.15, 0.2) is 9.26 Å². The smallest absolute Gasteiger partial charge is 0.238 e. The van der Waals surface area contributed by atoms with Crippen molar-refractivity contribution in [1.29, 1.82) is 0 Å². The molecule has 72 valence electrons. The summed E-state index contributed by atoms with van der Waals surface area (Å²) in [4.78, 5) is 4.27. The summed E-state index contributed by atoms with van der Waals surface area (Å²) in [6, 6.07) is 0. The van der Waals surface area contributed by atoms with E-state index in [1.807, 2.05) is 0 Å². The Balaban J connectivity index is 2.30. The SMILES string of the molecule is CCC1(c2nc(Br)no2)CCCC1. The van der Waals surface area contributed by atoms with E-state index in [-0.39, 0.29) is 5.41 Å². The van der Waals surface area contributed by atoms with E-state index in [1.165, 1.54) is 25.7 Å². The van der Waals surface area contributed by atoms with E-state index in [9.17, 15) is 0 Å². The van der Waals surface area contributed by atoms with Gasteiger partial charge in [0.1, 0.15) is 0 Å².